The second kappa shape index (κ2) is 7.45. The van der Waals surface area contributed by atoms with Crippen LogP contribution in [0.5, 0.6) is 5.75 Å². The standard InChI is InChI=1S/C14H20ClNO4S/c1-19-11-12-6-8-16(10-12)21(17,18)14-4-2-13(3-5-14)20-9-7-15/h2-5,12H,6-11H2,1H3. The molecule has 1 heterocycles. The minimum atomic E-state index is -3.43. The number of alkyl halides is 1. The zero-order valence-electron chi connectivity index (χ0n) is 12.0. The molecule has 1 aromatic carbocycles. The third-order valence-corrected chi connectivity index (χ3v) is 5.49. The molecule has 0 N–H and O–H groups in total. The van der Waals surface area contributed by atoms with E-state index < -0.39 is 10.0 Å². The molecule has 0 bridgehead atoms. The van der Waals surface area contributed by atoms with Gasteiger partial charge < -0.3 is 9.47 Å². The van der Waals surface area contributed by atoms with Gasteiger partial charge in [0, 0.05) is 20.2 Å². The van der Waals surface area contributed by atoms with E-state index in [2.05, 4.69) is 0 Å². The zero-order valence-corrected chi connectivity index (χ0v) is 13.6. The maximum atomic E-state index is 12.5. The Kier molecular flexibility index (Phi) is 5.87. The first-order valence-electron chi connectivity index (χ1n) is 6.86. The highest BCUT2D eigenvalue weighted by Gasteiger charge is 2.32. The molecule has 1 unspecified atom stereocenters. The summed E-state index contributed by atoms with van der Waals surface area (Å²) in [5.74, 6) is 1.29. The Labute approximate surface area is 130 Å². The third-order valence-electron chi connectivity index (χ3n) is 3.46. The highest BCUT2D eigenvalue weighted by molar-refractivity contribution is 7.89. The summed E-state index contributed by atoms with van der Waals surface area (Å²) in [5, 5.41) is 0. The van der Waals surface area contributed by atoms with Gasteiger partial charge in [0.25, 0.3) is 0 Å². The molecule has 118 valence electrons. The Bertz CT molecular complexity index is 547. The van der Waals surface area contributed by atoms with Crippen LogP contribution in [-0.2, 0) is 14.8 Å². The van der Waals surface area contributed by atoms with E-state index in [1.807, 2.05) is 0 Å². The molecule has 1 fully saturated rings. The van der Waals surface area contributed by atoms with Crippen LogP contribution in [0.2, 0.25) is 0 Å². The highest BCUT2D eigenvalue weighted by Crippen LogP contribution is 2.25. The molecule has 1 aliphatic rings. The quantitative estimate of drug-likeness (QED) is 0.716. The summed E-state index contributed by atoms with van der Waals surface area (Å²) < 4.78 is 37.0. The van der Waals surface area contributed by atoms with E-state index in [4.69, 9.17) is 21.1 Å². The summed E-state index contributed by atoms with van der Waals surface area (Å²) in [6, 6.07) is 6.45. The van der Waals surface area contributed by atoms with Gasteiger partial charge in [-0.05, 0) is 36.6 Å². The Balaban J connectivity index is 2.06. The number of halogens is 1. The molecule has 5 nitrogen and oxygen atoms in total. The van der Waals surface area contributed by atoms with Gasteiger partial charge in [-0.2, -0.15) is 4.31 Å². The first kappa shape index (κ1) is 16.5. The summed E-state index contributed by atoms with van der Waals surface area (Å²) in [7, 11) is -1.80. The second-order valence-corrected chi connectivity index (χ2v) is 7.30. The molecule has 0 saturated carbocycles. The maximum Gasteiger partial charge on any atom is 0.243 e. The normalized spacial score (nSPS) is 19.8. The zero-order chi connectivity index (χ0) is 15.3. The molecule has 0 aliphatic carbocycles. The second-order valence-electron chi connectivity index (χ2n) is 4.98. The van der Waals surface area contributed by atoms with Crippen LogP contribution >= 0.6 is 11.6 Å². The number of methoxy groups -OCH3 is 1. The molecule has 1 aliphatic heterocycles. The first-order chi connectivity index (χ1) is 10.1. The Hall–Kier alpha value is -0.820. The molecule has 1 aromatic rings. The molecule has 1 atom stereocenters. The van der Waals surface area contributed by atoms with Gasteiger partial charge in [0.15, 0.2) is 0 Å². The van der Waals surface area contributed by atoms with Crippen molar-refractivity contribution in [1.82, 2.24) is 4.31 Å². The lowest BCUT2D eigenvalue weighted by Crippen LogP contribution is -2.29. The Morgan fingerprint density at radius 2 is 2.05 bits per heavy atom. The predicted octanol–water partition coefficient (Wildman–Crippen LogP) is 1.96. The van der Waals surface area contributed by atoms with Crippen molar-refractivity contribution in [2.45, 2.75) is 11.3 Å². The van der Waals surface area contributed by atoms with Gasteiger partial charge in [0.2, 0.25) is 10.0 Å². The summed E-state index contributed by atoms with van der Waals surface area (Å²) in [5.41, 5.74) is 0. The topological polar surface area (TPSA) is 55.8 Å². The molecule has 7 heteroatoms. The smallest absolute Gasteiger partial charge is 0.243 e. The van der Waals surface area contributed by atoms with Crippen LogP contribution in [0.3, 0.4) is 0 Å². The minimum absolute atomic E-state index is 0.274. The molecular formula is C14H20ClNO4S. The van der Waals surface area contributed by atoms with Crippen molar-refractivity contribution in [1.29, 1.82) is 0 Å². The van der Waals surface area contributed by atoms with Crippen LogP contribution in [0.1, 0.15) is 6.42 Å². The van der Waals surface area contributed by atoms with Gasteiger partial charge in [0.05, 0.1) is 17.4 Å². The average molecular weight is 334 g/mol. The highest BCUT2D eigenvalue weighted by atomic mass is 35.5. The lowest BCUT2D eigenvalue weighted by atomic mass is 10.1. The Morgan fingerprint density at radius 1 is 1.33 bits per heavy atom. The van der Waals surface area contributed by atoms with Crippen LogP contribution in [0.25, 0.3) is 0 Å². The molecular weight excluding hydrogens is 314 g/mol. The maximum absolute atomic E-state index is 12.5. The van der Waals surface area contributed by atoms with E-state index in [0.29, 0.717) is 42.8 Å². The molecule has 0 amide bonds. The number of rotatable bonds is 7. The van der Waals surface area contributed by atoms with Crippen LogP contribution in [0.4, 0.5) is 0 Å². The molecule has 0 aromatic heterocycles. The largest absolute Gasteiger partial charge is 0.492 e. The van der Waals surface area contributed by atoms with E-state index in [1.54, 1.807) is 31.4 Å². The fourth-order valence-electron chi connectivity index (χ4n) is 2.40. The lowest BCUT2D eigenvalue weighted by Gasteiger charge is -2.16. The predicted molar refractivity (Wildman–Crippen MR) is 81.4 cm³/mol. The summed E-state index contributed by atoms with van der Waals surface area (Å²) in [4.78, 5) is 0.291. The van der Waals surface area contributed by atoms with Crippen LogP contribution < -0.4 is 4.74 Å². The van der Waals surface area contributed by atoms with Crippen molar-refractivity contribution in [2.24, 2.45) is 5.92 Å². The average Bonchev–Trinajstić information content (AvgIpc) is 2.95. The van der Waals surface area contributed by atoms with E-state index in [9.17, 15) is 8.42 Å². The van der Waals surface area contributed by atoms with Crippen molar-refractivity contribution < 1.29 is 17.9 Å². The van der Waals surface area contributed by atoms with E-state index in [1.165, 1.54) is 4.31 Å². The van der Waals surface area contributed by atoms with Crippen molar-refractivity contribution in [3.05, 3.63) is 24.3 Å². The number of benzene rings is 1. The monoisotopic (exact) mass is 333 g/mol. The van der Waals surface area contributed by atoms with Gasteiger partial charge in [-0.15, -0.1) is 11.6 Å². The summed E-state index contributed by atoms with van der Waals surface area (Å²) in [6.45, 7) is 2.05. The number of ether oxygens (including phenoxy) is 2. The van der Waals surface area contributed by atoms with E-state index in [-0.39, 0.29) is 5.92 Å². The van der Waals surface area contributed by atoms with Gasteiger partial charge in [-0.3, -0.25) is 0 Å². The minimum Gasteiger partial charge on any atom is -0.492 e. The Morgan fingerprint density at radius 3 is 2.67 bits per heavy atom. The fourth-order valence-corrected chi connectivity index (χ4v) is 4.01. The fraction of sp³-hybridized carbons (Fsp3) is 0.571. The lowest BCUT2D eigenvalue weighted by molar-refractivity contribution is 0.157. The van der Waals surface area contributed by atoms with E-state index >= 15 is 0 Å². The van der Waals surface area contributed by atoms with Crippen LogP contribution in [0.15, 0.2) is 29.2 Å². The van der Waals surface area contributed by atoms with Crippen molar-refractivity contribution in [3.8, 4) is 5.75 Å². The van der Waals surface area contributed by atoms with Gasteiger partial charge in [-0.1, -0.05) is 0 Å². The summed E-state index contributed by atoms with van der Waals surface area (Å²) >= 11 is 5.54. The number of nitrogens with zero attached hydrogens (tertiary/aromatic N) is 1. The molecule has 0 spiro atoms. The molecule has 1 saturated heterocycles. The van der Waals surface area contributed by atoms with Crippen molar-refractivity contribution >= 4 is 21.6 Å². The van der Waals surface area contributed by atoms with Crippen molar-refractivity contribution in [2.75, 3.05) is 39.3 Å². The van der Waals surface area contributed by atoms with Crippen LogP contribution in [0, 0.1) is 5.92 Å². The van der Waals surface area contributed by atoms with Gasteiger partial charge >= 0.3 is 0 Å². The summed E-state index contributed by atoms with van der Waals surface area (Å²) in [6.07, 6.45) is 0.837. The third kappa shape index (κ3) is 4.10. The number of hydrogen-bond acceptors (Lipinski definition) is 4. The van der Waals surface area contributed by atoms with Crippen molar-refractivity contribution in [3.63, 3.8) is 0 Å². The van der Waals surface area contributed by atoms with Gasteiger partial charge in [-0.25, -0.2) is 8.42 Å². The molecule has 0 radical (unpaired) electrons. The molecule has 21 heavy (non-hydrogen) atoms. The first-order valence-corrected chi connectivity index (χ1v) is 8.83. The van der Waals surface area contributed by atoms with E-state index in [0.717, 1.165) is 6.42 Å². The SMILES string of the molecule is COCC1CCN(S(=O)(=O)c2ccc(OCCCl)cc2)C1. The number of sulfonamides is 1. The van der Waals surface area contributed by atoms with Crippen LogP contribution in [-0.4, -0.2) is 52.0 Å². The number of hydrogen-bond donors (Lipinski definition) is 0. The molecule has 2 rings (SSSR count). The van der Waals surface area contributed by atoms with Gasteiger partial charge in [0.1, 0.15) is 12.4 Å².